The van der Waals surface area contributed by atoms with E-state index in [0.717, 1.165) is 32.5 Å². The molecule has 2 aliphatic rings. The minimum absolute atomic E-state index is 0.00455. The van der Waals surface area contributed by atoms with Gasteiger partial charge in [0.15, 0.2) is 0 Å². The van der Waals surface area contributed by atoms with E-state index in [1.54, 1.807) is 19.0 Å². The van der Waals surface area contributed by atoms with E-state index >= 15 is 0 Å². The maximum absolute atomic E-state index is 11.8. The minimum atomic E-state index is -5.08. The van der Waals surface area contributed by atoms with Crippen molar-refractivity contribution in [2.75, 3.05) is 33.9 Å². The molecule has 170 valence electrons. The summed E-state index contributed by atoms with van der Waals surface area (Å²) < 4.78 is 43.7. The maximum atomic E-state index is 11.8. The highest BCUT2D eigenvalue weighted by atomic mass is 32.1. The normalized spacial score (nSPS) is 24.0. The van der Waals surface area contributed by atoms with Crippen molar-refractivity contribution in [3.63, 3.8) is 0 Å². The molecule has 1 aromatic heterocycles. The molecule has 2 saturated heterocycles. The van der Waals surface area contributed by atoms with Crippen molar-refractivity contribution in [2.45, 2.75) is 50.7 Å². The molecule has 30 heavy (non-hydrogen) atoms. The van der Waals surface area contributed by atoms with Crippen LogP contribution in [0.15, 0.2) is 11.4 Å². The van der Waals surface area contributed by atoms with Crippen LogP contribution in [0.25, 0.3) is 0 Å². The third-order valence-corrected chi connectivity index (χ3v) is 6.07. The zero-order valence-corrected chi connectivity index (χ0v) is 18.0. The van der Waals surface area contributed by atoms with Gasteiger partial charge in [0.2, 0.25) is 5.91 Å². The lowest BCUT2D eigenvalue weighted by Gasteiger charge is -2.32. The topological polar surface area (TPSA) is 79.3 Å². The highest BCUT2D eigenvalue weighted by molar-refractivity contribution is 7.10. The molecular formula is C19H27F3N2O5S. The molecule has 0 spiro atoms. The van der Waals surface area contributed by atoms with Crippen LogP contribution in [0.4, 0.5) is 13.2 Å². The number of carboxylic acids is 1. The molecule has 0 radical (unpaired) electrons. The van der Waals surface area contributed by atoms with Gasteiger partial charge in [0.25, 0.3) is 0 Å². The summed E-state index contributed by atoms with van der Waals surface area (Å²) in [5.74, 6) is -2.75. The Morgan fingerprint density at radius 1 is 1.40 bits per heavy atom. The number of carbonyl (C=O) groups is 2. The van der Waals surface area contributed by atoms with Crippen LogP contribution in [-0.4, -0.2) is 85.1 Å². The number of rotatable bonds is 5. The van der Waals surface area contributed by atoms with Crippen LogP contribution in [0.2, 0.25) is 0 Å². The number of hydrogen-bond acceptors (Lipinski definition) is 6. The van der Waals surface area contributed by atoms with Crippen molar-refractivity contribution < 1.29 is 37.3 Å². The van der Waals surface area contributed by atoms with Gasteiger partial charge in [0.1, 0.15) is 12.7 Å². The quantitative estimate of drug-likeness (QED) is 0.740. The van der Waals surface area contributed by atoms with Crippen LogP contribution < -0.4 is 0 Å². The Balaban J connectivity index is 0.000000396. The van der Waals surface area contributed by atoms with Crippen LogP contribution >= 0.6 is 11.3 Å². The Morgan fingerprint density at radius 2 is 2.07 bits per heavy atom. The molecule has 0 aliphatic carbocycles. The second-order valence-corrected chi connectivity index (χ2v) is 8.44. The monoisotopic (exact) mass is 452 g/mol. The van der Waals surface area contributed by atoms with E-state index in [1.165, 1.54) is 10.4 Å². The lowest BCUT2D eigenvalue weighted by Crippen LogP contribution is -2.42. The summed E-state index contributed by atoms with van der Waals surface area (Å²) >= 11 is 1.82. The molecule has 3 rings (SSSR count). The fraction of sp³-hybridized carbons (Fsp3) is 0.684. The summed E-state index contributed by atoms with van der Waals surface area (Å²) in [6.07, 6.45) is -2.75. The van der Waals surface area contributed by atoms with Crippen LogP contribution in [0.1, 0.15) is 23.3 Å². The van der Waals surface area contributed by atoms with Gasteiger partial charge in [-0.2, -0.15) is 13.2 Å². The second kappa shape index (κ2) is 10.6. The first-order valence-corrected chi connectivity index (χ1v) is 10.4. The fourth-order valence-electron chi connectivity index (χ4n) is 3.39. The lowest BCUT2D eigenvalue weighted by atomic mass is 10.0. The van der Waals surface area contributed by atoms with Crippen molar-refractivity contribution in [2.24, 2.45) is 0 Å². The Hall–Kier alpha value is -1.69. The standard InChI is InChI=1S/C17H26N2O3S.C2HF3O2/c1-12-6-8-23-15(12)10-19-9-14(22-11-16(20)18(2)3)17-13(19)5-4-7-21-17;3-2(4,5)1(6)7/h6,8,13-14,17H,4-5,7,9-11H2,1-3H3;(H,6,7)/t13-,14-,17+;/m1./s1. The third kappa shape index (κ3) is 6.66. The number of likely N-dealkylation sites (N-methyl/N-ethyl adjacent to an activating group) is 1. The summed E-state index contributed by atoms with van der Waals surface area (Å²) in [5.41, 5.74) is 1.36. The number of likely N-dealkylation sites (tertiary alicyclic amines) is 1. The molecular weight excluding hydrogens is 425 g/mol. The molecule has 0 unspecified atom stereocenters. The van der Waals surface area contributed by atoms with Crippen molar-refractivity contribution in [1.82, 2.24) is 9.80 Å². The number of nitrogens with zero attached hydrogens (tertiary/aromatic N) is 2. The van der Waals surface area contributed by atoms with E-state index in [9.17, 15) is 18.0 Å². The number of fused-ring (bicyclic) bond motifs is 1. The summed E-state index contributed by atoms with van der Waals surface area (Å²) in [6, 6.07) is 2.58. The van der Waals surface area contributed by atoms with Crippen LogP contribution in [-0.2, 0) is 25.6 Å². The number of halogens is 3. The van der Waals surface area contributed by atoms with E-state index < -0.39 is 12.1 Å². The molecule has 1 aromatic rings. The molecule has 7 nitrogen and oxygen atoms in total. The first-order valence-electron chi connectivity index (χ1n) is 9.51. The fourth-order valence-corrected chi connectivity index (χ4v) is 4.32. The molecule has 1 N–H and O–H groups in total. The van der Waals surface area contributed by atoms with Gasteiger partial charge in [-0.15, -0.1) is 11.3 Å². The largest absolute Gasteiger partial charge is 0.490 e. The van der Waals surface area contributed by atoms with Gasteiger partial charge in [0, 0.05) is 44.7 Å². The SMILES string of the molecule is Cc1ccsc1CN1C[C@@H](OCC(=O)N(C)C)[C@H]2OCCC[C@H]21.O=C(O)C(F)(F)F. The van der Waals surface area contributed by atoms with Crippen LogP contribution in [0.5, 0.6) is 0 Å². The van der Waals surface area contributed by atoms with Gasteiger partial charge in [-0.3, -0.25) is 9.69 Å². The number of alkyl halides is 3. The number of thiophene rings is 1. The Kier molecular flexibility index (Phi) is 8.65. The summed E-state index contributed by atoms with van der Waals surface area (Å²) in [6.45, 7) is 4.90. The predicted octanol–water partition coefficient (Wildman–Crippen LogP) is 2.53. The van der Waals surface area contributed by atoms with E-state index in [-0.39, 0.29) is 24.7 Å². The predicted molar refractivity (Wildman–Crippen MR) is 104 cm³/mol. The number of carboxylic acid groups (broad SMARTS) is 1. The number of aryl methyl sites for hydroxylation is 1. The minimum Gasteiger partial charge on any atom is -0.475 e. The van der Waals surface area contributed by atoms with Crippen molar-refractivity contribution >= 4 is 23.2 Å². The Bertz CT molecular complexity index is 725. The zero-order valence-electron chi connectivity index (χ0n) is 17.1. The van der Waals surface area contributed by atoms with E-state index in [1.807, 2.05) is 11.3 Å². The first kappa shape index (κ1) is 24.6. The smallest absolute Gasteiger partial charge is 0.475 e. The van der Waals surface area contributed by atoms with Gasteiger partial charge in [-0.05, 0) is 36.8 Å². The molecule has 3 atom stereocenters. The Morgan fingerprint density at radius 3 is 2.60 bits per heavy atom. The van der Waals surface area contributed by atoms with E-state index in [0.29, 0.717) is 6.04 Å². The van der Waals surface area contributed by atoms with Crippen molar-refractivity contribution in [3.05, 3.63) is 21.9 Å². The van der Waals surface area contributed by atoms with Gasteiger partial charge in [0.05, 0.1) is 6.10 Å². The average Bonchev–Trinajstić information content (AvgIpc) is 3.23. The van der Waals surface area contributed by atoms with E-state index in [4.69, 9.17) is 19.4 Å². The zero-order chi connectivity index (χ0) is 22.5. The molecule has 2 fully saturated rings. The van der Waals surface area contributed by atoms with Crippen LogP contribution in [0.3, 0.4) is 0 Å². The summed E-state index contributed by atoms with van der Waals surface area (Å²) in [7, 11) is 3.51. The van der Waals surface area contributed by atoms with Gasteiger partial charge >= 0.3 is 12.1 Å². The molecule has 11 heteroatoms. The van der Waals surface area contributed by atoms with E-state index in [2.05, 4.69) is 23.3 Å². The Labute approximate surface area is 177 Å². The second-order valence-electron chi connectivity index (χ2n) is 7.44. The number of hydrogen-bond donors (Lipinski definition) is 1. The third-order valence-electron chi connectivity index (χ3n) is 5.06. The van der Waals surface area contributed by atoms with Gasteiger partial charge in [-0.1, -0.05) is 0 Å². The average molecular weight is 452 g/mol. The number of aliphatic carboxylic acids is 1. The number of amides is 1. The highest BCUT2D eigenvalue weighted by Crippen LogP contribution is 2.33. The van der Waals surface area contributed by atoms with Crippen molar-refractivity contribution in [1.29, 1.82) is 0 Å². The number of carbonyl (C=O) groups excluding carboxylic acids is 1. The highest BCUT2D eigenvalue weighted by Gasteiger charge is 2.45. The molecule has 3 heterocycles. The molecule has 0 aromatic carbocycles. The maximum Gasteiger partial charge on any atom is 0.490 e. The van der Waals surface area contributed by atoms with Gasteiger partial charge < -0.3 is 19.5 Å². The van der Waals surface area contributed by atoms with Crippen molar-refractivity contribution in [3.8, 4) is 0 Å². The van der Waals surface area contributed by atoms with Gasteiger partial charge in [-0.25, -0.2) is 4.79 Å². The first-order chi connectivity index (χ1) is 14.0. The van der Waals surface area contributed by atoms with Crippen LogP contribution in [0, 0.1) is 6.92 Å². The summed E-state index contributed by atoms with van der Waals surface area (Å²) in [5, 5.41) is 9.28. The molecule has 0 saturated carbocycles. The molecule has 0 bridgehead atoms. The number of ether oxygens (including phenoxy) is 2. The molecule has 1 amide bonds. The lowest BCUT2D eigenvalue weighted by molar-refractivity contribution is -0.192. The molecule has 2 aliphatic heterocycles. The summed E-state index contributed by atoms with van der Waals surface area (Å²) in [4.78, 5) is 26.2.